The normalized spacial score (nSPS) is 20.9. The molecule has 0 amide bonds. The second kappa shape index (κ2) is 5.21. The van der Waals surface area contributed by atoms with Crippen molar-refractivity contribution in [2.45, 2.75) is 37.6 Å². The fourth-order valence-corrected chi connectivity index (χ4v) is 2.83. The Bertz CT molecular complexity index is 444. The number of hydrogen-bond donors (Lipinski definition) is 0. The van der Waals surface area contributed by atoms with E-state index in [0.29, 0.717) is 10.6 Å². The lowest BCUT2D eigenvalue weighted by Gasteiger charge is -2.30. The molecule has 1 fully saturated rings. The summed E-state index contributed by atoms with van der Waals surface area (Å²) in [6.07, 6.45) is 5.75. The first-order valence-electron chi connectivity index (χ1n) is 6.05. The molecular weight excluding hydrogens is 282 g/mol. The van der Waals surface area contributed by atoms with Gasteiger partial charge >= 0.3 is 0 Å². The van der Waals surface area contributed by atoms with E-state index in [-0.39, 0.29) is 11.6 Å². The molecule has 1 aliphatic rings. The van der Waals surface area contributed by atoms with Gasteiger partial charge in [-0.1, -0.05) is 15.9 Å². The second-order valence-corrected chi connectivity index (χ2v) is 6.04. The minimum Gasteiger partial charge on any atom is -0.351 e. The zero-order valence-electron chi connectivity index (χ0n) is 10.3. The highest BCUT2D eigenvalue weighted by Crippen LogP contribution is 2.19. The molecular formula is C12H18BrN3O. The van der Waals surface area contributed by atoms with Gasteiger partial charge in [-0.25, -0.2) is 4.98 Å². The van der Waals surface area contributed by atoms with Crippen LogP contribution in [0.15, 0.2) is 17.2 Å². The molecule has 17 heavy (non-hydrogen) atoms. The van der Waals surface area contributed by atoms with Crippen LogP contribution in [0.2, 0.25) is 0 Å². The van der Waals surface area contributed by atoms with Crippen molar-refractivity contribution >= 4 is 21.7 Å². The molecule has 0 bridgehead atoms. The molecule has 4 nitrogen and oxygen atoms in total. The van der Waals surface area contributed by atoms with Crippen molar-refractivity contribution in [3.63, 3.8) is 0 Å². The monoisotopic (exact) mass is 299 g/mol. The van der Waals surface area contributed by atoms with Gasteiger partial charge in [0.05, 0.1) is 0 Å². The quantitative estimate of drug-likeness (QED) is 0.786. The highest BCUT2D eigenvalue weighted by Gasteiger charge is 2.21. The average Bonchev–Trinajstić information content (AvgIpc) is 2.29. The number of halogens is 1. The molecule has 1 aromatic heterocycles. The van der Waals surface area contributed by atoms with Crippen LogP contribution in [0.4, 0.5) is 5.82 Å². The maximum Gasteiger partial charge on any atom is 0.293 e. The van der Waals surface area contributed by atoms with E-state index in [2.05, 4.69) is 25.8 Å². The summed E-state index contributed by atoms with van der Waals surface area (Å²) < 4.78 is 1.74. The maximum atomic E-state index is 12.3. The number of piperidine rings is 1. The van der Waals surface area contributed by atoms with Crippen molar-refractivity contribution in [3.05, 3.63) is 22.7 Å². The lowest BCUT2D eigenvalue weighted by atomic mass is 10.1. The van der Waals surface area contributed by atoms with E-state index in [1.54, 1.807) is 17.0 Å². The first-order valence-corrected chi connectivity index (χ1v) is 6.97. The van der Waals surface area contributed by atoms with Crippen molar-refractivity contribution in [1.29, 1.82) is 0 Å². The lowest BCUT2D eigenvalue weighted by Crippen LogP contribution is -2.40. The van der Waals surface area contributed by atoms with E-state index in [9.17, 15) is 4.79 Å². The van der Waals surface area contributed by atoms with Crippen LogP contribution in [0.5, 0.6) is 0 Å². The van der Waals surface area contributed by atoms with Crippen LogP contribution in [0.25, 0.3) is 0 Å². The van der Waals surface area contributed by atoms with Crippen molar-refractivity contribution in [2.24, 2.45) is 0 Å². The number of alkyl halides is 1. The molecule has 1 saturated heterocycles. The molecule has 0 aliphatic carbocycles. The molecule has 1 unspecified atom stereocenters. The van der Waals surface area contributed by atoms with Gasteiger partial charge < -0.3 is 9.47 Å². The molecule has 0 spiro atoms. The molecule has 1 aliphatic heterocycles. The lowest BCUT2D eigenvalue weighted by molar-refractivity contribution is 0.555. The van der Waals surface area contributed by atoms with Crippen molar-refractivity contribution in [2.75, 3.05) is 18.0 Å². The Kier molecular flexibility index (Phi) is 3.86. The Labute approximate surface area is 110 Å². The van der Waals surface area contributed by atoms with Gasteiger partial charge in [-0.05, 0) is 26.7 Å². The van der Waals surface area contributed by atoms with Crippen molar-refractivity contribution < 1.29 is 0 Å². The number of anilines is 1. The summed E-state index contributed by atoms with van der Waals surface area (Å²) in [5.41, 5.74) is 0.0177. The Morgan fingerprint density at radius 1 is 1.53 bits per heavy atom. The number of nitrogens with zero attached hydrogens (tertiary/aromatic N) is 3. The Hall–Kier alpha value is -0.840. The van der Waals surface area contributed by atoms with Crippen LogP contribution >= 0.6 is 15.9 Å². The summed E-state index contributed by atoms with van der Waals surface area (Å²) in [5.74, 6) is 0.588. The van der Waals surface area contributed by atoms with Crippen LogP contribution < -0.4 is 10.5 Å². The predicted octanol–water partition coefficient (Wildman–Crippen LogP) is 2.19. The molecule has 1 aromatic rings. The topological polar surface area (TPSA) is 38.1 Å². The smallest absolute Gasteiger partial charge is 0.293 e. The van der Waals surface area contributed by atoms with Crippen LogP contribution in [0.1, 0.15) is 32.7 Å². The van der Waals surface area contributed by atoms with Crippen LogP contribution in [0, 0.1) is 0 Å². The molecule has 94 valence electrons. The van der Waals surface area contributed by atoms with Gasteiger partial charge in [0.25, 0.3) is 5.56 Å². The first kappa shape index (κ1) is 12.6. The van der Waals surface area contributed by atoms with E-state index in [4.69, 9.17) is 0 Å². The highest BCUT2D eigenvalue weighted by molar-refractivity contribution is 9.09. The molecule has 5 heteroatoms. The maximum absolute atomic E-state index is 12.3. The molecule has 2 rings (SSSR count). The predicted molar refractivity (Wildman–Crippen MR) is 73.0 cm³/mol. The van der Waals surface area contributed by atoms with Crippen LogP contribution in [0.3, 0.4) is 0 Å². The second-order valence-electron chi connectivity index (χ2n) is 4.74. The molecule has 0 radical (unpaired) electrons. The molecule has 0 saturated carbocycles. The van der Waals surface area contributed by atoms with E-state index in [1.165, 1.54) is 6.42 Å². The Morgan fingerprint density at radius 3 is 2.94 bits per heavy atom. The summed E-state index contributed by atoms with van der Waals surface area (Å²) >= 11 is 3.62. The van der Waals surface area contributed by atoms with Crippen LogP contribution in [-0.4, -0.2) is 27.5 Å². The summed E-state index contributed by atoms with van der Waals surface area (Å²) in [7, 11) is 0. The third kappa shape index (κ3) is 2.70. The molecule has 2 heterocycles. The fourth-order valence-electron chi connectivity index (χ4n) is 2.16. The fraction of sp³-hybridized carbons (Fsp3) is 0.667. The van der Waals surface area contributed by atoms with E-state index in [1.807, 2.05) is 13.8 Å². The molecule has 0 N–H and O–H groups in total. The molecule has 0 aromatic carbocycles. The van der Waals surface area contributed by atoms with Crippen molar-refractivity contribution in [1.82, 2.24) is 9.55 Å². The van der Waals surface area contributed by atoms with E-state index < -0.39 is 0 Å². The number of rotatable bonds is 2. The van der Waals surface area contributed by atoms with Gasteiger partial charge in [0.1, 0.15) is 0 Å². The minimum atomic E-state index is 0.0177. The van der Waals surface area contributed by atoms with Crippen LogP contribution in [-0.2, 0) is 0 Å². The summed E-state index contributed by atoms with van der Waals surface area (Å²) in [4.78, 5) is 19.1. The van der Waals surface area contributed by atoms with Gasteiger partial charge in [0, 0.05) is 36.4 Å². The Balaban J connectivity index is 2.32. The third-order valence-corrected chi connectivity index (χ3v) is 3.82. The summed E-state index contributed by atoms with van der Waals surface area (Å²) in [6, 6.07) is 0.175. The van der Waals surface area contributed by atoms with Gasteiger partial charge in [0.2, 0.25) is 0 Å². The minimum absolute atomic E-state index is 0.0177. The number of aromatic nitrogens is 2. The Morgan fingerprint density at radius 2 is 2.29 bits per heavy atom. The largest absolute Gasteiger partial charge is 0.351 e. The summed E-state index contributed by atoms with van der Waals surface area (Å²) in [6.45, 7) is 5.81. The molecule has 1 atom stereocenters. The van der Waals surface area contributed by atoms with E-state index in [0.717, 1.165) is 19.5 Å². The average molecular weight is 300 g/mol. The zero-order valence-corrected chi connectivity index (χ0v) is 11.9. The SMILES string of the molecule is CC(C)n1ccnc(N2CCCC(Br)C2)c1=O. The zero-order chi connectivity index (χ0) is 12.4. The standard InChI is InChI=1S/C12H18BrN3O/c1-9(2)16-7-5-14-11(12(16)17)15-6-3-4-10(13)8-15/h5,7,9-10H,3-4,6,8H2,1-2H3. The van der Waals surface area contributed by atoms with Gasteiger partial charge in [-0.2, -0.15) is 0 Å². The highest BCUT2D eigenvalue weighted by atomic mass is 79.9. The van der Waals surface area contributed by atoms with Gasteiger partial charge in [0.15, 0.2) is 5.82 Å². The van der Waals surface area contributed by atoms with Gasteiger partial charge in [-0.15, -0.1) is 0 Å². The van der Waals surface area contributed by atoms with Crippen molar-refractivity contribution in [3.8, 4) is 0 Å². The third-order valence-electron chi connectivity index (χ3n) is 3.07. The van der Waals surface area contributed by atoms with Gasteiger partial charge in [-0.3, -0.25) is 4.79 Å². The van der Waals surface area contributed by atoms with E-state index >= 15 is 0 Å². The summed E-state index contributed by atoms with van der Waals surface area (Å²) in [5, 5.41) is 0. The number of hydrogen-bond acceptors (Lipinski definition) is 3. The first-order chi connectivity index (χ1) is 8.09.